The number of rotatable bonds is 3. The maximum atomic E-state index is 11.4. The molecule has 0 amide bonds. The molecular weight excluding hydrogens is 174 g/mol. The summed E-state index contributed by atoms with van der Waals surface area (Å²) in [5.41, 5.74) is 1.24. The largest absolute Gasteiger partial charge is 0.388 e. The SMILES string of the molecule is CC(C)CNC1=CC(=O)CC(C)(C)C1. The summed E-state index contributed by atoms with van der Waals surface area (Å²) in [6.07, 6.45) is 3.44. The number of allylic oxidation sites excluding steroid dienone is 2. The lowest BCUT2D eigenvalue weighted by molar-refractivity contribution is -0.117. The van der Waals surface area contributed by atoms with Gasteiger partial charge in [-0.25, -0.2) is 0 Å². The van der Waals surface area contributed by atoms with Crippen LogP contribution in [0.25, 0.3) is 0 Å². The summed E-state index contributed by atoms with van der Waals surface area (Å²) in [5.74, 6) is 0.878. The number of ketones is 1. The number of nitrogens with one attached hydrogen (secondary N) is 1. The van der Waals surface area contributed by atoms with Gasteiger partial charge in [0.1, 0.15) is 0 Å². The molecule has 0 aromatic heterocycles. The van der Waals surface area contributed by atoms with Gasteiger partial charge in [0.15, 0.2) is 5.78 Å². The molecule has 0 aromatic rings. The van der Waals surface area contributed by atoms with Crippen molar-refractivity contribution in [3.8, 4) is 0 Å². The van der Waals surface area contributed by atoms with E-state index in [4.69, 9.17) is 0 Å². The second-order valence-electron chi connectivity index (χ2n) is 5.43. The highest BCUT2D eigenvalue weighted by Crippen LogP contribution is 2.32. The third-order valence-electron chi connectivity index (χ3n) is 2.39. The molecule has 1 aliphatic carbocycles. The lowest BCUT2D eigenvalue weighted by Gasteiger charge is -2.29. The summed E-state index contributed by atoms with van der Waals surface area (Å²) in [6, 6.07) is 0. The molecule has 1 N–H and O–H groups in total. The molecule has 0 aliphatic heterocycles. The Bertz CT molecular complexity index is 251. The second-order valence-corrected chi connectivity index (χ2v) is 5.43. The van der Waals surface area contributed by atoms with Crippen LogP contribution < -0.4 is 5.32 Å². The van der Waals surface area contributed by atoms with Crippen molar-refractivity contribution in [1.82, 2.24) is 5.32 Å². The van der Waals surface area contributed by atoms with E-state index in [9.17, 15) is 4.79 Å². The zero-order chi connectivity index (χ0) is 10.8. The van der Waals surface area contributed by atoms with Crippen LogP contribution in [0.1, 0.15) is 40.5 Å². The molecule has 0 saturated carbocycles. The van der Waals surface area contributed by atoms with Crippen molar-refractivity contribution in [2.75, 3.05) is 6.54 Å². The third-order valence-corrected chi connectivity index (χ3v) is 2.39. The minimum absolute atomic E-state index is 0.130. The zero-order valence-corrected chi connectivity index (χ0v) is 9.68. The van der Waals surface area contributed by atoms with Gasteiger partial charge in [-0.15, -0.1) is 0 Å². The van der Waals surface area contributed by atoms with Gasteiger partial charge in [0.25, 0.3) is 0 Å². The summed E-state index contributed by atoms with van der Waals surface area (Å²) in [7, 11) is 0. The topological polar surface area (TPSA) is 29.1 Å². The molecule has 0 heterocycles. The highest BCUT2D eigenvalue weighted by atomic mass is 16.1. The molecule has 0 spiro atoms. The second kappa shape index (κ2) is 4.16. The Kier molecular flexibility index (Phi) is 3.35. The fourth-order valence-electron chi connectivity index (χ4n) is 1.79. The summed E-state index contributed by atoms with van der Waals surface area (Å²) < 4.78 is 0. The molecule has 0 aromatic carbocycles. The predicted molar refractivity (Wildman–Crippen MR) is 58.9 cm³/mol. The van der Waals surface area contributed by atoms with Crippen LogP contribution in [0.4, 0.5) is 0 Å². The predicted octanol–water partition coefficient (Wildman–Crippen LogP) is 2.51. The minimum atomic E-state index is 0.130. The molecule has 2 nitrogen and oxygen atoms in total. The molecule has 0 bridgehead atoms. The number of hydrogen-bond donors (Lipinski definition) is 1. The Labute approximate surface area is 86.8 Å². The summed E-state index contributed by atoms with van der Waals surface area (Å²) in [5, 5.41) is 3.35. The Morgan fingerprint density at radius 1 is 1.43 bits per heavy atom. The highest BCUT2D eigenvalue weighted by molar-refractivity contribution is 5.91. The summed E-state index contributed by atoms with van der Waals surface area (Å²) >= 11 is 0. The summed E-state index contributed by atoms with van der Waals surface area (Å²) in [4.78, 5) is 11.4. The van der Waals surface area contributed by atoms with Crippen molar-refractivity contribution in [3.05, 3.63) is 11.8 Å². The Balaban J connectivity index is 2.56. The number of hydrogen-bond acceptors (Lipinski definition) is 2. The van der Waals surface area contributed by atoms with E-state index in [2.05, 4.69) is 33.0 Å². The highest BCUT2D eigenvalue weighted by Gasteiger charge is 2.27. The van der Waals surface area contributed by atoms with E-state index in [0.717, 1.165) is 18.7 Å². The van der Waals surface area contributed by atoms with E-state index in [1.807, 2.05) is 0 Å². The van der Waals surface area contributed by atoms with Gasteiger partial charge in [-0.05, 0) is 17.8 Å². The van der Waals surface area contributed by atoms with Crippen LogP contribution >= 0.6 is 0 Å². The van der Waals surface area contributed by atoms with Gasteiger partial charge in [-0.3, -0.25) is 4.79 Å². The average Bonchev–Trinajstić information content (AvgIpc) is 1.96. The van der Waals surface area contributed by atoms with Crippen LogP contribution in [0.15, 0.2) is 11.8 Å². The fourth-order valence-corrected chi connectivity index (χ4v) is 1.79. The van der Waals surface area contributed by atoms with Crippen molar-refractivity contribution in [2.45, 2.75) is 40.5 Å². The molecule has 0 atom stereocenters. The first-order chi connectivity index (χ1) is 6.39. The number of carbonyl (C=O) groups is 1. The lowest BCUT2D eigenvalue weighted by atomic mass is 9.79. The van der Waals surface area contributed by atoms with E-state index in [-0.39, 0.29) is 11.2 Å². The third kappa shape index (κ3) is 3.52. The first-order valence-electron chi connectivity index (χ1n) is 5.36. The molecule has 14 heavy (non-hydrogen) atoms. The van der Waals surface area contributed by atoms with Crippen LogP contribution in [0.3, 0.4) is 0 Å². The molecule has 80 valence electrons. The van der Waals surface area contributed by atoms with Gasteiger partial charge in [0.2, 0.25) is 0 Å². The van der Waals surface area contributed by atoms with Crippen molar-refractivity contribution in [2.24, 2.45) is 11.3 Å². The maximum absolute atomic E-state index is 11.4. The first kappa shape index (κ1) is 11.3. The fraction of sp³-hybridized carbons (Fsp3) is 0.750. The maximum Gasteiger partial charge on any atom is 0.157 e. The molecule has 2 heteroatoms. The Hall–Kier alpha value is -0.790. The van der Waals surface area contributed by atoms with Crippen molar-refractivity contribution in [3.63, 3.8) is 0 Å². The molecule has 0 saturated heterocycles. The van der Waals surface area contributed by atoms with Crippen molar-refractivity contribution in [1.29, 1.82) is 0 Å². The van der Waals surface area contributed by atoms with Crippen LogP contribution in [0.2, 0.25) is 0 Å². The van der Waals surface area contributed by atoms with Gasteiger partial charge < -0.3 is 5.32 Å². The first-order valence-corrected chi connectivity index (χ1v) is 5.36. The Morgan fingerprint density at radius 2 is 2.07 bits per heavy atom. The zero-order valence-electron chi connectivity index (χ0n) is 9.68. The van der Waals surface area contributed by atoms with Crippen molar-refractivity contribution < 1.29 is 4.79 Å². The molecule has 1 rings (SSSR count). The van der Waals surface area contributed by atoms with Crippen LogP contribution in [-0.2, 0) is 4.79 Å². The molecule has 0 radical (unpaired) electrons. The van der Waals surface area contributed by atoms with Crippen LogP contribution in [0.5, 0.6) is 0 Å². The van der Waals surface area contributed by atoms with Gasteiger partial charge in [0.05, 0.1) is 0 Å². The average molecular weight is 195 g/mol. The lowest BCUT2D eigenvalue weighted by Crippen LogP contribution is -2.29. The normalized spacial score (nSPS) is 20.9. The van der Waals surface area contributed by atoms with E-state index < -0.39 is 0 Å². The van der Waals surface area contributed by atoms with Crippen molar-refractivity contribution >= 4 is 5.78 Å². The number of carbonyl (C=O) groups excluding carboxylic acids is 1. The standard InChI is InChI=1S/C12H21NO/c1-9(2)8-13-10-5-11(14)7-12(3,4)6-10/h5,9,13H,6-8H2,1-4H3. The van der Waals surface area contributed by atoms with E-state index in [0.29, 0.717) is 12.3 Å². The quantitative estimate of drug-likeness (QED) is 0.749. The molecule has 0 fully saturated rings. The van der Waals surface area contributed by atoms with E-state index >= 15 is 0 Å². The van der Waals surface area contributed by atoms with E-state index in [1.54, 1.807) is 6.08 Å². The van der Waals surface area contributed by atoms with Gasteiger partial charge in [0, 0.05) is 24.7 Å². The summed E-state index contributed by atoms with van der Waals surface area (Å²) in [6.45, 7) is 9.59. The van der Waals surface area contributed by atoms with Crippen LogP contribution in [-0.4, -0.2) is 12.3 Å². The van der Waals surface area contributed by atoms with Gasteiger partial charge >= 0.3 is 0 Å². The minimum Gasteiger partial charge on any atom is -0.388 e. The van der Waals surface area contributed by atoms with E-state index in [1.165, 1.54) is 0 Å². The van der Waals surface area contributed by atoms with Gasteiger partial charge in [-0.2, -0.15) is 0 Å². The monoisotopic (exact) mass is 195 g/mol. The smallest absolute Gasteiger partial charge is 0.157 e. The molecular formula is C12H21NO. The van der Waals surface area contributed by atoms with Gasteiger partial charge in [-0.1, -0.05) is 27.7 Å². The van der Waals surface area contributed by atoms with Crippen LogP contribution in [0, 0.1) is 11.3 Å². The molecule has 1 aliphatic rings. The molecule has 0 unspecified atom stereocenters. The Morgan fingerprint density at radius 3 is 2.57 bits per heavy atom.